The van der Waals surface area contributed by atoms with Crippen molar-refractivity contribution in [2.75, 3.05) is 13.1 Å². The summed E-state index contributed by atoms with van der Waals surface area (Å²) in [5.41, 5.74) is 1.60. The summed E-state index contributed by atoms with van der Waals surface area (Å²) in [6.07, 6.45) is 0.630. The smallest absolute Gasteiger partial charge is 0.410 e. The number of benzene rings is 1. The van der Waals surface area contributed by atoms with Crippen LogP contribution in [0.5, 0.6) is 0 Å². The van der Waals surface area contributed by atoms with Gasteiger partial charge in [0.2, 0.25) is 0 Å². The number of aryl methyl sites for hydroxylation is 1. The second-order valence-corrected chi connectivity index (χ2v) is 6.41. The number of nitrogens with zero attached hydrogens (tertiary/aromatic N) is 1. The fourth-order valence-electron chi connectivity index (χ4n) is 2.60. The van der Waals surface area contributed by atoms with E-state index in [1.54, 1.807) is 11.0 Å². The Morgan fingerprint density at radius 1 is 1.40 bits per heavy atom. The van der Waals surface area contributed by atoms with Crippen LogP contribution in [0.4, 0.5) is 9.18 Å². The second kappa shape index (κ2) is 5.43. The van der Waals surface area contributed by atoms with Crippen LogP contribution < -0.4 is 0 Å². The van der Waals surface area contributed by atoms with Gasteiger partial charge in [-0.1, -0.05) is 6.07 Å². The maximum Gasteiger partial charge on any atom is 0.410 e. The van der Waals surface area contributed by atoms with Crippen molar-refractivity contribution in [2.45, 2.75) is 45.6 Å². The molecule has 1 atom stereocenters. The highest BCUT2D eigenvalue weighted by Crippen LogP contribution is 2.30. The lowest BCUT2D eigenvalue weighted by Gasteiger charge is -2.24. The predicted octanol–water partition coefficient (Wildman–Crippen LogP) is 3.86. The van der Waals surface area contributed by atoms with Crippen LogP contribution in [-0.2, 0) is 4.74 Å². The summed E-state index contributed by atoms with van der Waals surface area (Å²) in [6, 6.07) is 4.86. The van der Waals surface area contributed by atoms with Gasteiger partial charge in [0.1, 0.15) is 11.4 Å². The van der Waals surface area contributed by atoms with E-state index in [-0.39, 0.29) is 17.8 Å². The third kappa shape index (κ3) is 3.50. The molecule has 0 radical (unpaired) electrons. The molecule has 20 heavy (non-hydrogen) atoms. The monoisotopic (exact) mass is 279 g/mol. The van der Waals surface area contributed by atoms with Gasteiger partial charge in [0, 0.05) is 19.0 Å². The third-order valence-electron chi connectivity index (χ3n) is 3.51. The molecule has 1 unspecified atom stereocenters. The number of likely N-dealkylation sites (tertiary alicyclic amines) is 1. The number of halogens is 1. The largest absolute Gasteiger partial charge is 0.444 e. The SMILES string of the molecule is Cc1cc(F)ccc1C1CCN(C(=O)OC(C)(C)C)C1. The molecular weight excluding hydrogens is 257 g/mol. The number of ether oxygens (including phenoxy) is 1. The average molecular weight is 279 g/mol. The normalized spacial score (nSPS) is 19.2. The van der Waals surface area contributed by atoms with Gasteiger partial charge < -0.3 is 9.64 Å². The second-order valence-electron chi connectivity index (χ2n) is 6.41. The minimum atomic E-state index is -0.471. The summed E-state index contributed by atoms with van der Waals surface area (Å²) in [4.78, 5) is 13.8. The lowest BCUT2D eigenvalue weighted by Crippen LogP contribution is -2.35. The van der Waals surface area contributed by atoms with E-state index in [0.29, 0.717) is 13.1 Å². The summed E-state index contributed by atoms with van der Waals surface area (Å²) in [5, 5.41) is 0. The first-order valence-electron chi connectivity index (χ1n) is 7.00. The first kappa shape index (κ1) is 14.8. The Balaban J connectivity index is 2.03. The van der Waals surface area contributed by atoms with E-state index in [1.807, 2.05) is 33.8 Å². The first-order valence-corrected chi connectivity index (χ1v) is 7.00. The van der Waals surface area contributed by atoms with Crippen LogP contribution >= 0.6 is 0 Å². The zero-order valence-electron chi connectivity index (χ0n) is 12.6. The Bertz CT molecular complexity index is 508. The molecule has 3 nitrogen and oxygen atoms in total. The molecule has 0 spiro atoms. The number of amides is 1. The number of carbonyl (C=O) groups excluding carboxylic acids is 1. The molecule has 110 valence electrons. The Morgan fingerprint density at radius 3 is 2.70 bits per heavy atom. The van der Waals surface area contributed by atoms with Gasteiger partial charge in [0.15, 0.2) is 0 Å². The van der Waals surface area contributed by atoms with E-state index in [2.05, 4.69) is 0 Å². The Kier molecular flexibility index (Phi) is 4.02. The lowest BCUT2D eigenvalue weighted by molar-refractivity contribution is 0.0292. The molecule has 4 heteroatoms. The maximum absolute atomic E-state index is 13.1. The molecule has 1 amide bonds. The zero-order valence-corrected chi connectivity index (χ0v) is 12.6. The molecule has 1 heterocycles. The van der Waals surface area contributed by atoms with Crippen molar-refractivity contribution in [3.8, 4) is 0 Å². The van der Waals surface area contributed by atoms with Crippen molar-refractivity contribution in [3.63, 3.8) is 0 Å². The number of hydrogen-bond acceptors (Lipinski definition) is 2. The third-order valence-corrected chi connectivity index (χ3v) is 3.51. The molecule has 1 aromatic carbocycles. The molecule has 2 rings (SSSR count). The van der Waals surface area contributed by atoms with Gasteiger partial charge in [-0.25, -0.2) is 9.18 Å². The van der Waals surface area contributed by atoms with E-state index >= 15 is 0 Å². The van der Waals surface area contributed by atoms with Crippen LogP contribution in [0.15, 0.2) is 18.2 Å². The molecule has 1 aliphatic heterocycles. The maximum atomic E-state index is 13.1. The van der Waals surface area contributed by atoms with Crippen molar-refractivity contribution < 1.29 is 13.9 Å². The topological polar surface area (TPSA) is 29.5 Å². The lowest BCUT2D eigenvalue weighted by atomic mass is 9.94. The highest BCUT2D eigenvalue weighted by Gasteiger charge is 2.31. The van der Waals surface area contributed by atoms with Gasteiger partial charge in [0.05, 0.1) is 0 Å². The molecule has 1 saturated heterocycles. The van der Waals surface area contributed by atoms with Crippen molar-refractivity contribution in [2.24, 2.45) is 0 Å². The average Bonchev–Trinajstić information content (AvgIpc) is 2.75. The molecule has 0 aliphatic carbocycles. The van der Waals surface area contributed by atoms with Crippen LogP contribution in [-0.4, -0.2) is 29.7 Å². The number of hydrogen-bond donors (Lipinski definition) is 0. The van der Waals surface area contributed by atoms with E-state index < -0.39 is 5.60 Å². The van der Waals surface area contributed by atoms with Gasteiger partial charge in [-0.3, -0.25) is 0 Å². The Morgan fingerprint density at radius 2 is 2.10 bits per heavy atom. The van der Waals surface area contributed by atoms with Crippen LogP contribution in [0.2, 0.25) is 0 Å². The molecule has 0 N–H and O–H groups in total. The molecule has 0 bridgehead atoms. The Hall–Kier alpha value is -1.58. The van der Waals surface area contributed by atoms with Gasteiger partial charge in [-0.05, 0) is 57.4 Å². The van der Waals surface area contributed by atoms with Gasteiger partial charge in [0.25, 0.3) is 0 Å². The molecule has 0 saturated carbocycles. The van der Waals surface area contributed by atoms with Crippen LogP contribution in [0.25, 0.3) is 0 Å². The number of carbonyl (C=O) groups is 1. The minimum absolute atomic E-state index is 0.215. The minimum Gasteiger partial charge on any atom is -0.444 e. The van der Waals surface area contributed by atoms with Gasteiger partial charge >= 0.3 is 6.09 Å². The van der Waals surface area contributed by atoms with Crippen LogP contribution in [0.3, 0.4) is 0 Å². The van der Waals surface area contributed by atoms with Crippen molar-refractivity contribution in [1.82, 2.24) is 4.90 Å². The van der Waals surface area contributed by atoms with Gasteiger partial charge in [-0.15, -0.1) is 0 Å². The number of rotatable bonds is 1. The van der Waals surface area contributed by atoms with Crippen LogP contribution in [0, 0.1) is 12.7 Å². The predicted molar refractivity (Wildman–Crippen MR) is 76.3 cm³/mol. The van der Waals surface area contributed by atoms with E-state index in [1.165, 1.54) is 6.07 Å². The molecular formula is C16H22FNO2. The standard InChI is InChI=1S/C16H22FNO2/c1-11-9-13(17)5-6-14(11)12-7-8-18(10-12)15(19)20-16(2,3)4/h5-6,9,12H,7-8,10H2,1-4H3. The zero-order chi connectivity index (χ0) is 14.9. The summed E-state index contributed by atoms with van der Waals surface area (Å²) in [6.45, 7) is 8.83. The fourth-order valence-corrected chi connectivity index (χ4v) is 2.60. The van der Waals surface area contributed by atoms with Crippen molar-refractivity contribution >= 4 is 6.09 Å². The fraction of sp³-hybridized carbons (Fsp3) is 0.562. The molecule has 1 aromatic rings. The summed E-state index contributed by atoms with van der Waals surface area (Å²) in [7, 11) is 0. The Labute approximate surface area is 119 Å². The summed E-state index contributed by atoms with van der Waals surface area (Å²) in [5.74, 6) is 0.0522. The van der Waals surface area contributed by atoms with E-state index in [9.17, 15) is 9.18 Å². The molecule has 0 aromatic heterocycles. The molecule has 1 aliphatic rings. The molecule has 1 fully saturated rings. The van der Waals surface area contributed by atoms with Crippen LogP contribution in [0.1, 0.15) is 44.2 Å². The highest BCUT2D eigenvalue weighted by atomic mass is 19.1. The van der Waals surface area contributed by atoms with Gasteiger partial charge in [-0.2, -0.15) is 0 Å². The van der Waals surface area contributed by atoms with Crippen molar-refractivity contribution in [1.29, 1.82) is 0 Å². The summed E-state index contributed by atoms with van der Waals surface area (Å²) < 4.78 is 18.5. The van der Waals surface area contributed by atoms with E-state index in [4.69, 9.17) is 4.74 Å². The van der Waals surface area contributed by atoms with E-state index in [0.717, 1.165) is 17.5 Å². The summed E-state index contributed by atoms with van der Waals surface area (Å²) >= 11 is 0. The quantitative estimate of drug-likeness (QED) is 0.781. The highest BCUT2D eigenvalue weighted by molar-refractivity contribution is 5.68. The van der Waals surface area contributed by atoms with Crippen molar-refractivity contribution in [3.05, 3.63) is 35.1 Å². The first-order chi connectivity index (χ1) is 9.26.